The van der Waals surface area contributed by atoms with Gasteiger partial charge in [0.1, 0.15) is 23.9 Å². The minimum atomic E-state index is -1.02. The van der Waals surface area contributed by atoms with Crippen LogP contribution in [-0.4, -0.2) is 56.5 Å². The number of aromatic hydroxyl groups is 1. The lowest BCUT2D eigenvalue weighted by Crippen LogP contribution is -2.32. The van der Waals surface area contributed by atoms with Crippen LogP contribution in [0.4, 0.5) is 0 Å². The van der Waals surface area contributed by atoms with E-state index in [4.69, 9.17) is 37.6 Å². The summed E-state index contributed by atoms with van der Waals surface area (Å²) in [4.78, 5) is 29.5. The molecule has 0 fully saturated rings. The van der Waals surface area contributed by atoms with Gasteiger partial charge in [-0.05, 0) is 38.0 Å². The standard InChI is InChI=1S/C9H11NO3.2C3H7NO2/c10-8(9(12)13)5-6-1-3-7(11)4-2-6;2*1-2(4)3(5)6/h1-4,8,11H,5,10H2,(H,12,13);2*2H,4H2,1H3,(H,5,6)/t8-;2*2-/m000/s1. The monoisotopic (exact) mass is 359 g/mol. The number of rotatable bonds is 5. The smallest absolute Gasteiger partial charge is 0.320 e. The van der Waals surface area contributed by atoms with E-state index < -0.39 is 36.0 Å². The molecule has 0 aliphatic rings. The number of hydrogen-bond donors (Lipinski definition) is 7. The summed E-state index contributed by atoms with van der Waals surface area (Å²) in [6, 6.07) is 3.96. The molecule has 0 saturated carbocycles. The van der Waals surface area contributed by atoms with Crippen LogP contribution in [0.5, 0.6) is 5.75 Å². The van der Waals surface area contributed by atoms with Crippen LogP contribution < -0.4 is 17.2 Å². The molecule has 1 rings (SSSR count). The van der Waals surface area contributed by atoms with Crippen LogP contribution in [0.15, 0.2) is 24.3 Å². The average Bonchev–Trinajstić information content (AvgIpc) is 2.50. The highest BCUT2D eigenvalue weighted by molar-refractivity contribution is 5.73. The first-order valence-electron chi connectivity index (χ1n) is 7.11. The Morgan fingerprint density at radius 1 is 0.840 bits per heavy atom. The largest absolute Gasteiger partial charge is 0.508 e. The number of nitrogens with two attached hydrogens (primary N) is 3. The van der Waals surface area contributed by atoms with Crippen molar-refractivity contribution in [1.82, 2.24) is 0 Å². The molecule has 10 N–H and O–H groups in total. The Morgan fingerprint density at radius 3 is 1.40 bits per heavy atom. The summed E-state index contributed by atoms with van der Waals surface area (Å²) in [5.41, 5.74) is 15.8. The third-order valence-corrected chi connectivity index (χ3v) is 2.49. The summed E-state index contributed by atoms with van der Waals surface area (Å²) in [6.45, 7) is 2.84. The normalized spacial score (nSPS) is 13.0. The average molecular weight is 359 g/mol. The van der Waals surface area contributed by atoms with Crippen LogP contribution >= 0.6 is 0 Å². The van der Waals surface area contributed by atoms with Crippen LogP contribution in [0.2, 0.25) is 0 Å². The SMILES string of the molecule is C[C@H](N)C(=O)O.C[C@H](N)C(=O)O.N[C@@H](Cc1ccc(O)cc1)C(=O)O. The fraction of sp³-hybridized carbons (Fsp3) is 0.400. The van der Waals surface area contributed by atoms with Gasteiger partial charge in [0.15, 0.2) is 0 Å². The van der Waals surface area contributed by atoms with Crippen molar-refractivity contribution in [2.75, 3.05) is 0 Å². The lowest BCUT2D eigenvalue weighted by molar-refractivity contribution is -0.139. The zero-order chi connectivity index (χ0) is 20.2. The molecule has 1 aromatic carbocycles. The summed E-state index contributed by atoms with van der Waals surface area (Å²) >= 11 is 0. The van der Waals surface area contributed by atoms with Crippen molar-refractivity contribution in [3.05, 3.63) is 29.8 Å². The first-order chi connectivity index (χ1) is 11.4. The Morgan fingerprint density at radius 2 is 1.16 bits per heavy atom. The first kappa shape index (κ1) is 24.6. The molecule has 0 unspecified atom stereocenters. The predicted molar refractivity (Wildman–Crippen MR) is 90.0 cm³/mol. The minimum absolute atomic E-state index is 0.160. The molecule has 0 aliphatic heterocycles. The molecule has 10 nitrogen and oxygen atoms in total. The summed E-state index contributed by atoms with van der Waals surface area (Å²) in [6.07, 6.45) is 0.273. The maximum Gasteiger partial charge on any atom is 0.320 e. The molecule has 0 spiro atoms. The van der Waals surface area contributed by atoms with Crippen molar-refractivity contribution in [1.29, 1.82) is 0 Å². The highest BCUT2D eigenvalue weighted by Crippen LogP contribution is 2.10. The van der Waals surface area contributed by atoms with Gasteiger partial charge >= 0.3 is 17.9 Å². The first-order valence-corrected chi connectivity index (χ1v) is 7.11. The van der Waals surface area contributed by atoms with Gasteiger partial charge in [-0.3, -0.25) is 14.4 Å². The summed E-state index contributed by atoms with van der Waals surface area (Å²) in [7, 11) is 0. The van der Waals surface area contributed by atoms with Crippen LogP contribution in [0, 0.1) is 0 Å². The van der Waals surface area contributed by atoms with E-state index >= 15 is 0 Å². The van der Waals surface area contributed by atoms with Gasteiger partial charge in [-0.2, -0.15) is 0 Å². The van der Waals surface area contributed by atoms with E-state index in [1.165, 1.54) is 26.0 Å². The van der Waals surface area contributed by atoms with Gasteiger partial charge in [-0.15, -0.1) is 0 Å². The fourth-order valence-corrected chi connectivity index (χ4v) is 0.973. The Hall–Kier alpha value is -2.69. The fourth-order valence-electron chi connectivity index (χ4n) is 0.973. The molecule has 0 amide bonds. The molecule has 0 aliphatic carbocycles. The Balaban J connectivity index is 0. The second-order valence-electron chi connectivity index (χ2n) is 5.07. The number of carboxylic acids is 3. The second kappa shape index (κ2) is 12.7. The third kappa shape index (κ3) is 14.6. The van der Waals surface area contributed by atoms with E-state index in [0.717, 1.165) is 5.56 Å². The maximum atomic E-state index is 10.4. The van der Waals surface area contributed by atoms with E-state index in [2.05, 4.69) is 0 Å². The molecular formula is C15H25N3O7. The summed E-state index contributed by atoms with van der Waals surface area (Å²) in [5.74, 6) is -2.79. The number of benzene rings is 1. The van der Waals surface area contributed by atoms with Crippen molar-refractivity contribution < 1.29 is 34.8 Å². The molecule has 0 saturated heterocycles. The molecule has 0 bridgehead atoms. The van der Waals surface area contributed by atoms with Crippen LogP contribution in [0.1, 0.15) is 19.4 Å². The number of hydrogen-bond acceptors (Lipinski definition) is 7. The molecule has 142 valence electrons. The molecule has 10 heteroatoms. The van der Waals surface area contributed by atoms with Crippen molar-refractivity contribution in [2.45, 2.75) is 38.4 Å². The molecule has 0 radical (unpaired) electrons. The Bertz CT molecular complexity index is 527. The lowest BCUT2D eigenvalue weighted by atomic mass is 10.1. The van der Waals surface area contributed by atoms with Gasteiger partial charge in [0.2, 0.25) is 0 Å². The van der Waals surface area contributed by atoms with Gasteiger partial charge in [0.25, 0.3) is 0 Å². The molecular weight excluding hydrogens is 334 g/mol. The summed E-state index contributed by atoms with van der Waals surface area (Å²) < 4.78 is 0. The number of phenols is 1. The molecule has 3 atom stereocenters. The van der Waals surface area contributed by atoms with E-state index in [1.54, 1.807) is 12.1 Å². The Labute approximate surface area is 144 Å². The van der Waals surface area contributed by atoms with Crippen LogP contribution in [-0.2, 0) is 20.8 Å². The topological polar surface area (TPSA) is 210 Å². The van der Waals surface area contributed by atoms with Gasteiger partial charge in [0, 0.05) is 0 Å². The highest BCUT2D eigenvalue weighted by Gasteiger charge is 2.11. The predicted octanol–water partition coefficient (Wildman–Crippen LogP) is -0.817. The van der Waals surface area contributed by atoms with Crippen LogP contribution in [0.25, 0.3) is 0 Å². The van der Waals surface area contributed by atoms with Gasteiger partial charge < -0.3 is 37.6 Å². The van der Waals surface area contributed by atoms with E-state index in [1.807, 2.05) is 0 Å². The number of phenolic OH excluding ortho intramolecular Hbond substituents is 1. The van der Waals surface area contributed by atoms with E-state index in [0.29, 0.717) is 0 Å². The molecule has 25 heavy (non-hydrogen) atoms. The number of carbonyl (C=O) groups is 3. The Kier molecular flexibility index (Phi) is 12.5. The molecule has 0 heterocycles. The van der Waals surface area contributed by atoms with E-state index in [-0.39, 0.29) is 12.2 Å². The van der Waals surface area contributed by atoms with Crippen molar-refractivity contribution >= 4 is 17.9 Å². The number of aliphatic carboxylic acids is 3. The summed E-state index contributed by atoms with van der Waals surface area (Å²) in [5, 5.41) is 33.2. The third-order valence-electron chi connectivity index (χ3n) is 2.49. The maximum absolute atomic E-state index is 10.4. The minimum Gasteiger partial charge on any atom is -0.508 e. The van der Waals surface area contributed by atoms with Gasteiger partial charge in [-0.25, -0.2) is 0 Å². The van der Waals surface area contributed by atoms with Crippen LogP contribution in [0.3, 0.4) is 0 Å². The van der Waals surface area contributed by atoms with E-state index in [9.17, 15) is 14.4 Å². The van der Waals surface area contributed by atoms with Gasteiger partial charge in [-0.1, -0.05) is 12.1 Å². The van der Waals surface area contributed by atoms with Crippen molar-refractivity contribution in [2.24, 2.45) is 17.2 Å². The quantitative estimate of drug-likeness (QED) is 0.347. The molecule has 1 aromatic rings. The van der Waals surface area contributed by atoms with Gasteiger partial charge in [0.05, 0.1) is 0 Å². The zero-order valence-corrected chi connectivity index (χ0v) is 14.0. The lowest BCUT2D eigenvalue weighted by Gasteiger charge is -2.05. The zero-order valence-electron chi connectivity index (χ0n) is 14.0. The molecule has 0 aromatic heterocycles. The highest BCUT2D eigenvalue weighted by atomic mass is 16.4. The number of carboxylic acid groups (broad SMARTS) is 3. The van der Waals surface area contributed by atoms with Crippen molar-refractivity contribution in [3.8, 4) is 5.75 Å². The second-order valence-corrected chi connectivity index (χ2v) is 5.07. The van der Waals surface area contributed by atoms with Crippen molar-refractivity contribution in [3.63, 3.8) is 0 Å².